The van der Waals surface area contributed by atoms with Crippen molar-refractivity contribution in [2.45, 2.75) is 20.3 Å². The number of carbonyl (C=O) groups excluding carboxylic acids is 1. The molecule has 0 radical (unpaired) electrons. The van der Waals surface area contributed by atoms with Gasteiger partial charge in [0.15, 0.2) is 0 Å². The van der Waals surface area contributed by atoms with Gasteiger partial charge in [-0.3, -0.25) is 4.79 Å². The van der Waals surface area contributed by atoms with E-state index in [-0.39, 0.29) is 5.91 Å². The molecule has 4 heteroatoms. The zero-order valence-corrected chi connectivity index (χ0v) is 13.3. The van der Waals surface area contributed by atoms with Gasteiger partial charge in [0.25, 0.3) is 5.91 Å². The summed E-state index contributed by atoms with van der Waals surface area (Å²) in [5, 5.41) is 3.34. The maximum atomic E-state index is 12.9. The van der Waals surface area contributed by atoms with Gasteiger partial charge in [-0.2, -0.15) is 0 Å². The third-order valence-electron chi connectivity index (χ3n) is 4.30. The number of aryl methyl sites for hydroxylation is 1. The van der Waals surface area contributed by atoms with Gasteiger partial charge < -0.3 is 14.8 Å². The standard InChI is InChI=1S/C18H23N3O/c1-14-13-17(18(22)20-11-6-9-19-10-12-20)15(2)21(14)16-7-4-3-5-8-16/h3-5,7-8,13,19H,6,9-12H2,1-2H3. The molecule has 1 aliphatic rings. The Hall–Kier alpha value is -2.07. The maximum absolute atomic E-state index is 12.9. The molecule has 0 aliphatic carbocycles. The molecule has 1 aromatic carbocycles. The number of rotatable bonds is 2. The molecule has 2 aromatic rings. The average Bonchev–Trinajstić information content (AvgIpc) is 2.73. The zero-order valence-electron chi connectivity index (χ0n) is 13.3. The minimum absolute atomic E-state index is 0.152. The fourth-order valence-corrected chi connectivity index (χ4v) is 3.17. The summed E-state index contributed by atoms with van der Waals surface area (Å²) in [5.74, 6) is 0.152. The van der Waals surface area contributed by atoms with Crippen LogP contribution in [0.3, 0.4) is 0 Å². The van der Waals surface area contributed by atoms with Crippen molar-refractivity contribution in [1.29, 1.82) is 0 Å². The lowest BCUT2D eigenvalue weighted by atomic mass is 10.2. The Morgan fingerprint density at radius 1 is 1.09 bits per heavy atom. The number of hydrogen-bond donors (Lipinski definition) is 1. The van der Waals surface area contributed by atoms with Crippen LogP contribution in [-0.4, -0.2) is 41.6 Å². The molecule has 0 unspecified atom stereocenters. The summed E-state index contributed by atoms with van der Waals surface area (Å²) in [5.41, 5.74) is 4.04. The van der Waals surface area contributed by atoms with Crippen LogP contribution in [0.4, 0.5) is 0 Å². The highest BCUT2D eigenvalue weighted by Gasteiger charge is 2.22. The SMILES string of the molecule is Cc1cc(C(=O)N2CCCNCC2)c(C)n1-c1ccccc1. The Morgan fingerprint density at radius 2 is 1.86 bits per heavy atom. The van der Waals surface area contributed by atoms with Crippen LogP contribution in [0.15, 0.2) is 36.4 Å². The molecule has 1 saturated heterocycles. The highest BCUT2D eigenvalue weighted by atomic mass is 16.2. The van der Waals surface area contributed by atoms with Crippen molar-refractivity contribution in [2.24, 2.45) is 0 Å². The largest absolute Gasteiger partial charge is 0.337 e. The minimum atomic E-state index is 0.152. The van der Waals surface area contributed by atoms with Crippen LogP contribution in [0.2, 0.25) is 0 Å². The first-order chi connectivity index (χ1) is 10.7. The molecular formula is C18H23N3O. The van der Waals surface area contributed by atoms with Crippen molar-refractivity contribution in [1.82, 2.24) is 14.8 Å². The molecule has 0 spiro atoms. The summed E-state index contributed by atoms with van der Waals surface area (Å²) < 4.78 is 2.16. The highest BCUT2D eigenvalue weighted by Crippen LogP contribution is 2.22. The number of aromatic nitrogens is 1. The quantitative estimate of drug-likeness (QED) is 0.925. The van der Waals surface area contributed by atoms with E-state index in [2.05, 4.69) is 28.9 Å². The Bertz CT molecular complexity index is 652. The molecular weight excluding hydrogens is 274 g/mol. The van der Waals surface area contributed by atoms with Crippen LogP contribution in [0.25, 0.3) is 5.69 Å². The maximum Gasteiger partial charge on any atom is 0.255 e. The van der Waals surface area contributed by atoms with Gasteiger partial charge in [0.1, 0.15) is 0 Å². The Labute approximate surface area is 131 Å². The van der Waals surface area contributed by atoms with Crippen LogP contribution in [-0.2, 0) is 0 Å². The summed E-state index contributed by atoms with van der Waals surface area (Å²) in [7, 11) is 0. The molecule has 116 valence electrons. The van der Waals surface area contributed by atoms with Gasteiger partial charge in [0.05, 0.1) is 5.56 Å². The van der Waals surface area contributed by atoms with Crippen molar-refractivity contribution >= 4 is 5.91 Å². The van der Waals surface area contributed by atoms with E-state index in [1.54, 1.807) is 0 Å². The van der Waals surface area contributed by atoms with Gasteiger partial charge in [-0.1, -0.05) is 18.2 Å². The molecule has 22 heavy (non-hydrogen) atoms. The van der Waals surface area contributed by atoms with Crippen LogP contribution in [0.1, 0.15) is 28.2 Å². The average molecular weight is 297 g/mol. The molecule has 3 rings (SSSR count). The second-order valence-corrected chi connectivity index (χ2v) is 5.85. The van der Waals surface area contributed by atoms with Gasteiger partial charge in [0, 0.05) is 36.7 Å². The number of nitrogens with zero attached hydrogens (tertiary/aromatic N) is 2. The molecule has 0 saturated carbocycles. The number of hydrogen-bond acceptors (Lipinski definition) is 2. The van der Waals surface area contributed by atoms with E-state index < -0.39 is 0 Å². The van der Waals surface area contributed by atoms with Gasteiger partial charge in [0.2, 0.25) is 0 Å². The summed E-state index contributed by atoms with van der Waals surface area (Å²) in [6.45, 7) is 7.58. The van der Waals surface area contributed by atoms with Crippen LogP contribution < -0.4 is 5.32 Å². The number of benzene rings is 1. The molecule has 4 nitrogen and oxygen atoms in total. The van der Waals surface area contributed by atoms with Crippen molar-refractivity contribution in [3.05, 3.63) is 53.3 Å². The first kappa shape index (κ1) is 14.9. The second-order valence-electron chi connectivity index (χ2n) is 5.85. The molecule has 1 aromatic heterocycles. The van der Waals surface area contributed by atoms with Crippen molar-refractivity contribution < 1.29 is 4.79 Å². The van der Waals surface area contributed by atoms with E-state index in [0.717, 1.165) is 55.2 Å². The fraction of sp³-hybridized carbons (Fsp3) is 0.389. The van der Waals surface area contributed by atoms with Crippen LogP contribution >= 0.6 is 0 Å². The lowest BCUT2D eigenvalue weighted by Gasteiger charge is -2.20. The minimum Gasteiger partial charge on any atom is -0.337 e. The zero-order chi connectivity index (χ0) is 15.5. The lowest BCUT2D eigenvalue weighted by molar-refractivity contribution is 0.0765. The van der Waals surface area contributed by atoms with Crippen molar-refractivity contribution in [3.8, 4) is 5.69 Å². The number of nitrogens with one attached hydrogen (secondary N) is 1. The van der Waals surface area contributed by atoms with Crippen molar-refractivity contribution in [3.63, 3.8) is 0 Å². The molecule has 1 aliphatic heterocycles. The van der Waals surface area contributed by atoms with E-state index in [0.29, 0.717) is 0 Å². The Balaban J connectivity index is 1.93. The molecule has 0 bridgehead atoms. The van der Waals surface area contributed by atoms with Crippen molar-refractivity contribution in [2.75, 3.05) is 26.2 Å². The van der Waals surface area contributed by atoms with E-state index >= 15 is 0 Å². The van der Waals surface area contributed by atoms with E-state index in [1.807, 2.05) is 36.1 Å². The lowest BCUT2D eigenvalue weighted by Crippen LogP contribution is -2.34. The molecule has 2 heterocycles. The predicted molar refractivity (Wildman–Crippen MR) is 88.6 cm³/mol. The fourth-order valence-electron chi connectivity index (χ4n) is 3.17. The molecule has 1 N–H and O–H groups in total. The summed E-state index contributed by atoms with van der Waals surface area (Å²) >= 11 is 0. The Morgan fingerprint density at radius 3 is 2.64 bits per heavy atom. The van der Waals surface area contributed by atoms with Gasteiger partial charge in [-0.25, -0.2) is 0 Å². The monoisotopic (exact) mass is 297 g/mol. The topological polar surface area (TPSA) is 37.3 Å². The third kappa shape index (κ3) is 2.79. The normalized spacial score (nSPS) is 15.6. The first-order valence-corrected chi connectivity index (χ1v) is 7.93. The van der Waals surface area contributed by atoms with Crippen LogP contribution in [0, 0.1) is 13.8 Å². The summed E-state index contributed by atoms with van der Waals surface area (Å²) in [6.07, 6.45) is 1.02. The van der Waals surface area contributed by atoms with E-state index in [9.17, 15) is 4.79 Å². The summed E-state index contributed by atoms with van der Waals surface area (Å²) in [4.78, 5) is 14.8. The molecule has 1 amide bonds. The smallest absolute Gasteiger partial charge is 0.255 e. The highest BCUT2D eigenvalue weighted by molar-refractivity contribution is 5.96. The van der Waals surface area contributed by atoms with E-state index in [1.165, 1.54) is 0 Å². The van der Waals surface area contributed by atoms with Crippen LogP contribution in [0.5, 0.6) is 0 Å². The van der Waals surface area contributed by atoms with Gasteiger partial charge in [-0.15, -0.1) is 0 Å². The molecule has 0 atom stereocenters. The number of amides is 1. The first-order valence-electron chi connectivity index (χ1n) is 7.93. The third-order valence-corrected chi connectivity index (χ3v) is 4.30. The molecule has 1 fully saturated rings. The summed E-state index contributed by atoms with van der Waals surface area (Å²) in [6, 6.07) is 12.2. The number of carbonyl (C=O) groups is 1. The Kier molecular flexibility index (Phi) is 4.29. The van der Waals surface area contributed by atoms with Gasteiger partial charge >= 0.3 is 0 Å². The number of para-hydroxylation sites is 1. The van der Waals surface area contributed by atoms with E-state index in [4.69, 9.17) is 0 Å². The van der Waals surface area contributed by atoms with Gasteiger partial charge in [-0.05, 0) is 45.0 Å². The second kappa shape index (κ2) is 6.36. The predicted octanol–water partition coefficient (Wildman–Crippen LogP) is 2.53.